The van der Waals surface area contributed by atoms with Gasteiger partial charge in [-0.2, -0.15) is 13.2 Å². The van der Waals surface area contributed by atoms with Crippen LogP contribution in [0, 0.1) is 25.7 Å². The van der Waals surface area contributed by atoms with Crippen LogP contribution in [0.4, 0.5) is 24.5 Å². The number of carbonyl (C=O) groups is 3. The molecule has 3 saturated heterocycles. The highest BCUT2D eigenvalue weighted by molar-refractivity contribution is 6.36. The van der Waals surface area contributed by atoms with Crippen molar-refractivity contribution in [3.63, 3.8) is 0 Å². The van der Waals surface area contributed by atoms with Crippen LogP contribution in [-0.4, -0.2) is 35.2 Å². The number of aryl methyl sites for hydroxylation is 1. The van der Waals surface area contributed by atoms with Crippen LogP contribution in [0.3, 0.4) is 0 Å². The summed E-state index contributed by atoms with van der Waals surface area (Å²) in [5.41, 5.74) is 0.419. The van der Waals surface area contributed by atoms with Gasteiger partial charge < -0.3 is 5.32 Å². The quantitative estimate of drug-likeness (QED) is 0.585. The number of benzene rings is 2. The zero-order valence-corrected chi connectivity index (χ0v) is 19.6. The van der Waals surface area contributed by atoms with Gasteiger partial charge in [-0.15, -0.1) is 0 Å². The first-order valence-corrected chi connectivity index (χ1v) is 11.8. The van der Waals surface area contributed by atoms with Gasteiger partial charge in [0.1, 0.15) is 5.54 Å². The largest absolute Gasteiger partial charge is 0.416 e. The molecule has 10 heteroatoms. The Labute approximate surface area is 204 Å². The number of nitrogens with one attached hydrogen (secondary N) is 1. The molecule has 0 aliphatic carbocycles. The monoisotopic (exact) mass is 503 g/mol. The Bertz CT molecular complexity index is 1340. The van der Waals surface area contributed by atoms with Gasteiger partial charge >= 0.3 is 6.18 Å². The van der Waals surface area contributed by atoms with Crippen molar-refractivity contribution >= 4 is 40.7 Å². The molecule has 3 fully saturated rings. The molecule has 4 atom stereocenters. The molecule has 4 aliphatic heterocycles. The van der Waals surface area contributed by atoms with Crippen molar-refractivity contribution in [1.29, 1.82) is 0 Å². The van der Waals surface area contributed by atoms with Crippen LogP contribution in [-0.2, 0) is 26.1 Å². The average Bonchev–Trinajstić information content (AvgIpc) is 3.50. The third-order valence-corrected chi connectivity index (χ3v) is 8.53. The number of rotatable bonds is 1. The van der Waals surface area contributed by atoms with E-state index in [0.717, 1.165) is 40.6 Å². The number of hydrogen-bond donors (Lipinski definition) is 1. The highest BCUT2D eigenvalue weighted by Crippen LogP contribution is 2.61. The van der Waals surface area contributed by atoms with Gasteiger partial charge in [-0.3, -0.25) is 19.3 Å². The van der Waals surface area contributed by atoms with E-state index in [2.05, 4.69) is 5.32 Å². The first kappa shape index (κ1) is 22.5. The number of amides is 3. The molecule has 35 heavy (non-hydrogen) atoms. The predicted molar refractivity (Wildman–Crippen MR) is 122 cm³/mol. The summed E-state index contributed by atoms with van der Waals surface area (Å²) in [6.07, 6.45) is -3.32. The lowest BCUT2D eigenvalue weighted by atomic mass is 9.75. The number of anilines is 2. The molecule has 4 heterocycles. The Morgan fingerprint density at radius 2 is 1.83 bits per heavy atom. The van der Waals surface area contributed by atoms with E-state index >= 15 is 0 Å². The number of hydrogen-bond acceptors (Lipinski definition) is 4. The zero-order chi connectivity index (χ0) is 25.0. The van der Waals surface area contributed by atoms with E-state index < -0.39 is 40.9 Å². The maximum absolute atomic E-state index is 14.0. The van der Waals surface area contributed by atoms with Gasteiger partial charge in [-0.1, -0.05) is 23.7 Å². The van der Waals surface area contributed by atoms with Crippen molar-refractivity contribution in [2.75, 3.05) is 16.8 Å². The molecular weight excluding hydrogens is 483 g/mol. The number of alkyl halides is 3. The van der Waals surface area contributed by atoms with E-state index in [4.69, 9.17) is 11.6 Å². The number of halogens is 4. The number of nitrogens with zero attached hydrogens (tertiary/aromatic N) is 2. The first-order chi connectivity index (χ1) is 16.5. The Morgan fingerprint density at radius 1 is 1.09 bits per heavy atom. The number of imide groups is 1. The van der Waals surface area contributed by atoms with E-state index in [0.29, 0.717) is 24.2 Å². The third kappa shape index (κ3) is 2.68. The fraction of sp³-hybridized carbons (Fsp3) is 0.400. The lowest BCUT2D eigenvalue weighted by molar-refractivity contribution is -0.137. The molecule has 1 N–H and O–H groups in total. The van der Waals surface area contributed by atoms with Crippen molar-refractivity contribution in [2.45, 2.75) is 44.4 Å². The molecule has 0 aromatic heterocycles. The van der Waals surface area contributed by atoms with Gasteiger partial charge in [0.05, 0.1) is 28.1 Å². The molecule has 4 aliphatic rings. The molecule has 1 spiro atoms. The van der Waals surface area contributed by atoms with Crippen LogP contribution in [0.15, 0.2) is 30.3 Å². The Hall–Kier alpha value is -2.91. The highest BCUT2D eigenvalue weighted by atomic mass is 35.5. The molecule has 182 valence electrons. The smallest absolute Gasteiger partial charge is 0.324 e. The summed E-state index contributed by atoms with van der Waals surface area (Å²) in [6.45, 7) is 4.35. The minimum absolute atomic E-state index is 0.139. The Morgan fingerprint density at radius 3 is 2.54 bits per heavy atom. The van der Waals surface area contributed by atoms with E-state index in [9.17, 15) is 27.6 Å². The highest BCUT2D eigenvalue weighted by Gasteiger charge is 2.74. The van der Waals surface area contributed by atoms with Crippen LogP contribution in [0.1, 0.15) is 35.1 Å². The van der Waals surface area contributed by atoms with Crippen molar-refractivity contribution in [3.8, 4) is 0 Å². The SMILES string of the molecule is Cc1ccc2c(c1C)NC(=O)[C@]21[C@@H]2C(=O)N(c3cc(C(F)(F)F)ccc3Cl)C(=O)[C@@H]2[C@@H]2CCCN21. The summed E-state index contributed by atoms with van der Waals surface area (Å²) in [6, 6.07) is 5.92. The summed E-state index contributed by atoms with van der Waals surface area (Å²) in [4.78, 5) is 44.2. The van der Waals surface area contributed by atoms with E-state index in [-0.39, 0.29) is 22.7 Å². The number of fused-ring (bicyclic) bond motifs is 7. The minimum atomic E-state index is -4.68. The molecule has 0 saturated carbocycles. The van der Waals surface area contributed by atoms with Crippen LogP contribution in [0.25, 0.3) is 0 Å². The second-order valence-electron chi connectivity index (χ2n) is 9.73. The normalized spacial score (nSPS) is 29.7. The molecular formula is C25H21ClF3N3O3. The van der Waals surface area contributed by atoms with Gasteiger partial charge in [0.15, 0.2) is 0 Å². The molecule has 0 bridgehead atoms. The topological polar surface area (TPSA) is 69.7 Å². The summed E-state index contributed by atoms with van der Waals surface area (Å²) >= 11 is 6.22. The van der Waals surface area contributed by atoms with Gasteiger partial charge in [0.25, 0.3) is 0 Å². The standard InChI is InChI=1S/C25H21ClF3N3O3/c1-11-5-7-14-20(12(11)2)30-23(35)24(14)19-18(16-4-3-9-31(16)24)21(33)32(22(19)34)17-10-13(25(27,28)29)6-8-15(17)26/h5-8,10,16,18-19H,3-4,9H2,1-2H3,(H,30,35)/t16-,18+,19-,24+/m0/s1. The van der Waals surface area contributed by atoms with Gasteiger partial charge in [0, 0.05) is 17.3 Å². The molecule has 0 unspecified atom stereocenters. The lowest BCUT2D eigenvalue weighted by Gasteiger charge is -2.36. The fourth-order valence-electron chi connectivity index (χ4n) is 6.62. The van der Waals surface area contributed by atoms with E-state index in [1.807, 2.05) is 30.9 Å². The zero-order valence-electron chi connectivity index (χ0n) is 18.9. The van der Waals surface area contributed by atoms with Crippen molar-refractivity contribution in [1.82, 2.24) is 4.90 Å². The molecule has 3 amide bonds. The second kappa shape index (κ2) is 7.07. The van der Waals surface area contributed by atoms with Gasteiger partial charge in [-0.25, -0.2) is 4.90 Å². The van der Waals surface area contributed by atoms with Gasteiger partial charge in [-0.05, 0) is 62.6 Å². The first-order valence-electron chi connectivity index (χ1n) is 11.4. The lowest BCUT2D eigenvalue weighted by Crippen LogP contribution is -2.54. The van der Waals surface area contributed by atoms with Crippen LogP contribution in [0.5, 0.6) is 0 Å². The van der Waals surface area contributed by atoms with E-state index in [1.54, 1.807) is 0 Å². The van der Waals surface area contributed by atoms with Gasteiger partial charge in [0.2, 0.25) is 17.7 Å². The molecule has 0 radical (unpaired) electrons. The van der Waals surface area contributed by atoms with Crippen molar-refractivity contribution < 1.29 is 27.6 Å². The second-order valence-corrected chi connectivity index (χ2v) is 10.1. The summed E-state index contributed by atoms with van der Waals surface area (Å²) < 4.78 is 40.3. The maximum atomic E-state index is 14.0. The summed E-state index contributed by atoms with van der Waals surface area (Å²) in [7, 11) is 0. The number of carbonyl (C=O) groups excluding carboxylic acids is 3. The average molecular weight is 504 g/mol. The fourth-order valence-corrected chi connectivity index (χ4v) is 6.82. The Kier molecular flexibility index (Phi) is 4.56. The minimum Gasteiger partial charge on any atom is -0.324 e. The summed E-state index contributed by atoms with van der Waals surface area (Å²) in [5, 5.41) is 2.82. The van der Waals surface area contributed by atoms with E-state index in [1.165, 1.54) is 0 Å². The molecule has 2 aromatic rings. The molecule has 2 aromatic carbocycles. The maximum Gasteiger partial charge on any atom is 0.416 e. The van der Waals surface area contributed by atoms with Crippen molar-refractivity contribution in [3.05, 3.63) is 57.6 Å². The third-order valence-electron chi connectivity index (χ3n) is 8.21. The molecule has 6 rings (SSSR count). The van der Waals surface area contributed by atoms with Crippen LogP contribution in [0.2, 0.25) is 5.02 Å². The molecule has 6 nitrogen and oxygen atoms in total. The Balaban J connectivity index is 1.55. The van der Waals surface area contributed by atoms with Crippen LogP contribution < -0.4 is 10.2 Å². The van der Waals surface area contributed by atoms with Crippen LogP contribution >= 0.6 is 11.6 Å². The predicted octanol–water partition coefficient (Wildman–Crippen LogP) is 4.41. The summed E-state index contributed by atoms with van der Waals surface area (Å²) in [5.74, 6) is -3.60. The van der Waals surface area contributed by atoms with Crippen molar-refractivity contribution in [2.24, 2.45) is 11.8 Å².